The Hall–Kier alpha value is -2.51. The van der Waals surface area contributed by atoms with E-state index in [1.54, 1.807) is 0 Å². The van der Waals surface area contributed by atoms with Crippen LogP contribution in [0, 0.1) is 17.0 Å². The van der Waals surface area contributed by atoms with E-state index in [1.165, 1.54) is 30.2 Å². The lowest BCUT2D eigenvalue weighted by atomic mass is 9.86. The predicted octanol–water partition coefficient (Wildman–Crippen LogP) is 4.11. The average molecular weight is 460 g/mol. The van der Waals surface area contributed by atoms with E-state index in [1.807, 2.05) is 0 Å². The van der Waals surface area contributed by atoms with Gasteiger partial charge in [0.2, 0.25) is 5.91 Å². The fourth-order valence-electron chi connectivity index (χ4n) is 4.43. The lowest BCUT2D eigenvalue weighted by molar-refractivity contribution is -0.120. The molecule has 0 fully saturated rings. The van der Waals surface area contributed by atoms with Crippen molar-refractivity contribution in [3.63, 3.8) is 0 Å². The van der Waals surface area contributed by atoms with Gasteiger partial charge in [-0.15, -0.1) is 0 Å². The predicted molar refractivity (Wildman–Crippen MR) is 127 cm³/mol. The monoisotopic (exact) mass is 459 g/mol. The van der Waals surface area contributed by atoms with E-state index in [-0.39, 0.29) is 30.3 Å². The molecule has 1 heterocycles. The highest BCUT2D eigenvalue weighted by atomic mass is 19.1. The third-order valence-electron chi connectivity index (χ3n) is 5.78. The summed E-state index contributed by atoms with van der Waals surface area (Å²) in [6, 6.07) is 9.11. The Morgan fingerprint density at radius 2 is 1.85 bits per heavy atom. The van der Waals surface area contributed by atoms with Crippen molar-refractivity contribution in [2.75, 3.05) is 18.4 Å². The van der Waals surface area contributed by atoms with Crippen LogP contribution in [0.2, 0.25) is 0 Å². The molecular formula is C26H35F2N3O2. The van der Waals surface area contributed by atoms with Crippen LogP contribution in [-0.2, 0) is 17.6 Å². The fraction of sp³-hybridized carbons (Fsp3) is 0.500. The summed E-state index contributed by atoms with van der Waals surface area (Å²) in [7, 11) is 0. The number of hydrogen-bond acceptors (Lipinski definition) is 4. The highest BCUT2D eigenvalue weighted by Gasteiger charge is 2.25. The number of fused-ring (bicyclic) bond motifs is 1. The molecule has 0 aromatic heterocycles. The summed E-state index contributed by atoms with van der Waals surface area (Å²) in [5.41, 5.74) is 4.07. The van der Waals surface area contributed by atoms with Crippen molar-refractivity contribution < 1.29 is 18.7 Å². The molecule has 1 unspecified atom stereocenters. The van der Waals surface area contributed by atoms with Crippen LogP contribution in [0.25, 0.3) is 0 Å². The number of carbonyl (C=O) groups is 1. The summed E-state index contributed by atoms with van der Waals surface area (Å²) >= 11 is 0. The first kappa shape index (κ1) is 25.1. The zero-order valence-electron chi connectivity index (χ0n) is 19.8. The van der Waals surface area contributed by atoms with Crippen molar-refractivity contribution in [1.29, 1.82) is 0 Å². The number of halogens is 2. The molecule has 0 bridgehead atoms. The van der Waals surface area contributed by atoms with Crippen LogP contribution in [0.1, 0.15) is 56.8 Å². The SMILES string of the molecule is CC(=O)N[C@@H](Cc1cc(F)cc(F)c1)[C@H](O)CNC1CCNc2ccc(CC(C)(C)C)cc21. The number of hydrogen-bond donors (Lipinski definition) is 4. The normalized spacial score (nSPS) is 17.6. The molecule has 33 heavy (non-hydrogen) atoms. The Balaban J connectivity index is 1.70. The highest BCUT2D eigenvalue weighted by molar-refractivity contribution is 5.73. The van der Waals surface area contributed by atoms with E-state index in [0.29, 0.717) is 5.56 Å². The smallest absolute Gasteiger partial charge is 0.217 e. The topological polar surface area (TPSA) is 73.4 Å². The van der Waals surface area contributed by atoms with E-state index in [9.17, 15) is 18.7 Å². The molecule has 180 valence electrons. The van der Waals surface area contributed by atoms with Crippen molar-refractivity contribution in [2.45, 2.75) is 65.1 Å². The molecule has 3 rings (SSSR count). The minimum Gasteiger partial charge on any atom is -0.390 e. The van der Waals surface area contributed by atoms with Gasteiger partial charge in [-0.25, -0.2) is 8.78 Å². The van der Waals surface area contributed by atoms with Gasteiger partial charge in [-0.1, -0.05) is 32.9 Å². The quantitative estimate of drug-likeness (QED) is 0.480. The largest absolute Gasteiger partial charge is 0.390 e. The van der Waals surface area contributed by atoms with Crippen molar-refractivity contribution >= 4 is 11.6 Å². The molecule has 2 aromatic rings. The Bertz CT molecular complexity index is 954. The number of amides is 1. The van der Waals surface area contributed by atoms with Crippen LogP contribution in [0.3, 0.4) is 0 Å². The van der Waals surface area contributed by atoms with E-state index in [2.05, 4.69) is 54.9 Å². The molecule has 0 saturated carbocycles. The summed E-state index contributed by atoms with van der Waals surface area (Å²) < 4.78 is 27.2. The second kappa shape index (κ2) is 10.6. The first-order valence-corrected chi connectivity index (χ1v) is 11.5. The molecule has 1 aliphatic heterocycles. The molecule has 0 radical (unpaired) electrons. The second-order valence-electron chi connectivity index (χ2n) is 10.2. The molecule has 4 N–H and O–H groups in total. The summed E-state index contributed by atoms with van der Waals surface area (Å²) in [5, 5.41) is 20.5. The molecule has 1 amide bonds. The average Bonchev–Trinajstić information content (AvgIpc) is 2.69. The third kappa shape index (κ3) is 7.51. The zero-order chi connectivity index (χ0) is 24.2. The van der Waals surface area contributed by atoms with Gasteiger partial charge in [0, 0.05) is 37.8 Å². The Kier molecular flexibility index (Phi) is 8.08. The zero-order valence-corrected chi connectivity index (χ0v) is 19.8. The van der Waals surface area contributed by atoms with Crippen LogP contribution in [0.5, 0.6) is 0 Å². The molecule has 7 heteroatoms. The number of benzene rings is 2. The lowest BCUT2D eigenvalue weighted by Crippen LogP contribution is -2.48. The maximum Gasteiger partial charge on any atom is 0.217 e. The Labute approximate surface area is 195 Å². The molecule has 1 aliphatic rings. The molecule has 0 aliphatic carbocycles. The van der Waals surface area contributed by atoms with Crippen molar-refractivity contribution in [2.24, 2.45) is 5.41 Å². The molecule has 0 saturated heterocycles. The molecule has 3 atom stereocenters. The number of aliphatic hydroxyl groups is 1. The van der Waals surface area contributed by atoms with Gasteiger partial charge in [0.05, 0.1) is 12.1 Å². The Morgan fingerprint density at radius 3 is 2.48 bits per heavy atom. The summed E-state index contributed by atoms with van der Waals surface area (Å²) in [5.74, 6) is -1.68. The van der Waals surface area contributed by atoms with Gasteiger partial charge in [-0.3, -0.25) is 4.79 Å². The first-order chi connectivity index (χ1) is 15.5. The van der Waals surface area contributed by atoms with Gasteiger partial charge >= 0.3 is 0 Å². The van der Waals surface area contributed by atoms with Crippen LogP contribution >= 0.6 is 0 Å². The summed E-state index contributed by atoms with van der Waals surface area (Å²) in [6.07, 6.45) is 1.01. The third-order valence-corrected chi connectivity index (χ3v) is 5.78. The molecule has 0 spiro atoms. The molecule has 2 aromatic carbocycles. The van der Waals surface area contributed by atoms with Gasteiger partial charge in [0.1, 0.15) is 11.6 Å². The minimum absolute atomic E-state index is 0.0559. The van der Waals surface area contributed by atoms with E-state index in [4.69, 9.17) is 0 Å². The van der Waals surface area contributed by atoms with Gasteiger partial charge in [-0.05, 0) is 59.6 Å². The number of aliphatic hydroxyl groups excluding tert-OH is 1. The van der Waals surface area contributed by atoms with Crippen LogP contribution < -0.4 is 16.0 Å². The first-order valence-electron chi connectivity index (χ1n) is 11.5. The van der Waals surface area contributed by atoms with Crippen LogP contribution in [-0.4, -0.2) is 36.2 Å². The Morgan fingerprint density at radius 1 is 1.15 bits per heavy atom. The van der Waals surface area contributed by atoms with E-state index < -0.39 is 23.8 Å². The summed E-state index contributed by atoms with van der Waals surface area (Å²) in [4.78, 5) is 11.7. The second-order valence-corrected chi connectivity index (χ2v) is 10.2. The highest BCUT2D eigenvalue weighted by Crippen LogP contribution is 2.32. The van der Waals surface area contributed by atoms with Gasteiger partial charge in [0.15, 0.2) is 0 Å². The maximum absolute atomic E-state index is 13.6. The fourth-order valence-corrected chi connectivity index (χ4v) is 4.43. The standard InChI is InChI=1S/C26H35F2N3O2/c1-16(32)31-24(12-18-9-19(27)13-20(28)10-18)25(33)15-30-23-7-8-29-22-6-5-17(11-21(22)23)14-26(2,3)4/h5-6,9-11,13,23-25,29-30,33H,7-8,12,14-15H2,1-4H3,(H,31,32)/t23?,24-,25+/m0/s1. The minimum atomic E-state index is -0.934. The summed E-state index contributed by atoms with van der Waals surface area (Å²) in [6.45, 7) is 9.04. The number of anilines is 1. The van der Waals surface area contributed by atoms with Crippen molar-refractivity contribution in [3.05, 3.63) is 64.7 Å². The number of rotatable bonds is 8. The van der Waals surface area contributed by atoms with Gasteiger partial charge < -0.3 is 21.1 Å². The van der Waals surface area contributed by atoms with E-state index >= 15 is 0 Å². The van der Waals surface area contributed by atoms with Crippen LogP contribution in [0.15, 0.2) is 36.4 Å². The molecule has 5 nitrogen and oxygen atoms in total. The van der Waals surface area contributed by atoms with E-state index in [0.717, 1.165) is 31.1 Å². The number of carbonyl (C=O) groups excluding carboxylic acids is 1. The van der Waals surface area contributed by atoms with Gasteiger partial charge in [0.25, 0.3) is 0 Å². The lowest BCUT2D eigenvalue weighted by Gasteiger charge is -2.31. The molecular weight excluding hydrogens is 424 g/mol. The van der Waals surface area contributed by atoms with Crippen LogP contribution in [0.4, 0.5) is 14.5 Å². The van der Waals surface area contributed by atoms with Gasteiger partial charge in [-0.2, -0.15) is 0 Å². The maximum atomic E-state index is 13.6. The van der Waals surface area contributed by atoms with Crippen molar-refractivity contribution in [1.82, 2.24) is 10.6 Å². The van der Waals surface area contributed by atoms with Crippen molar-refractivity contribution in [3.8, 4) is 0 Å². The number of nitrogens with one attached hydrogen (secondary N) is 3.